The highest BCUT2D eigenvalue weighted by molar-refractivity contribution is 5.39. The first-order valence-electron chi connectivity index (χ1n) is 4.19. The minimum Gasteiger partial charge on any atom is -0.399 e. The second-order valence-electron chi connectivity index (χ2n) is 3.16. The number of nitrogen functional groups attached to an aromatic ring is 1. The molecule has 0 amide bonds. The van der Waals surface area contributed by atoms with Gasteiger partial charge in [-0.15, -0.1) is 6.58 Å². The van der Waals surface area contributed by atoms with Gasteiger partial charge in [0.15, 0.2) is 0 Å². The summed E-state index contributed by atoms with van der Waals surface area (Å²) in [5.41, 5.74) is 7.71. The van der Waals surface area contributed by atoms with Crippen molar-refractivity contribution in [1.29, 1.82) is 0 Å². The number of hydrogen-bond donors (Lipinski definition) is 1. The summed E-state index contributed by atoms with van der Waals surface area (Å²) in [4.78, 5) is 0. The third kappa shape index (κ3) is 2.42. The van der Waals surface area contributed by atoms with Crippen molar-refractivity contribution in [3.05, 3.63) is 42.5 Å². The van der Waals surface area contributed by atoms with Gasteiger partial charge in [0, 0.05) is 5.69 Å². The van der Waals surface area contributed by atoms with E-state index in [1.54, 1.807) is 0 Å². The van der Waals surface area contributed by atoms with Crippen molar-refractivity contribution >= 4 is 5.69 Å². The number of rotatable bonds is 3. The summed E-state index contributed by atoms with van der Waals surface area (Å²) < 4.78 is 0. The minimum atomic E-state index is 0.536. The van der Waals surface area contributed by atoms with Crippen LogP contribution in [0.15, 0.2) is 36.9 Å². The fourth-order valence-corrected chi connectivity index (χ4v) is 1.11. The summed E-state index contributed by atoms with van der Waals surface area (Å²) in [7, 11) is 0. The molecule has 0 spiro atoms. The molecular weight excluding hydrogens is 146 g/mol. The van der Waals surface area contributed by atoms with Crippen molar-refractivity contribution in [3.8, 4) is 0 Å². The van der Waals surface area contributed by atoms with Crippen LogP contribution in [-0.2, 0) is 6.42 Å². The predicted octanol–water partition coefficient (Wildman–Crippen LogP) is 2.63. The first-order valence-corrected chi connectivity index (χ1v) is 4.19. The highest BCUT2D eigenvalue weighted by atomic mass is 14.5. The van der Waals surface area contributed by atoms with Crippen molar-refractivity contribution in [1.82, 2.24) is 0 Å². The van der Waals surface area contributed by atoms with Crippen LogP contribution in [0.2, 0.25) is 0 Å². The van der Waals surface area contributed by atoms with E-state index in [0.29, 0.717) is 5.92 Å². The Bertz CT molecular complexity index is 248. The summed E-state index contributed by atoms with van der Waals surface area (Å²) in [5.74, 6) is 0.536. The molecule has 1 heteroatoms. The normalized spacial score (nSPS) is 12.4. The van der Waals surface area contributed by atoms with Crippen molar-refractivity contribution in [2.24, 2.45) is 5.92 Å². The molecule has 1 aromatic rings. The van der Waals surface area contributed by atoms with Gasteiger partial charge in [-0.2, -0.15) is 0 Å². The van der Waals surface area contributed by atoms with Gasteiger partial charge in [0.2, 0.25) is 0 Å². The third-order valence-electron chi connectivity index (χ3n) is 1.94. The van der Waals surface area contributed by atoms with Crippen molar-refractivity contribution < 1.29 is 0 Å². The Labute approximate surface area is 73.9 Å². The Morgan fingerprint density at radius 1 is 1.42 bits per heavy atom. The van der Waals surface area contributed by atoms with E-state index in [9.17, 15) is 0 Å². The number of nitrogens with two attached hydrogens (primary N) is 1. The maximum atomic E-state index is 5.57. The molecule has 0 aromatic heterocycles. The number of hydrogen-bond acceptors (Lipinski definition) is 1. The summed E-state index contributed by atoms with van der Waals surface area (Å²) in [6.45, 7) is 5.91. The van der Waals surface area contributed by atoms with Gasteiger partial charge >= 0.3 is 0 Å². The first kappa shape index (κ1) is 8.85. The van der Waals surface area contributed by atoms with Crippen LogP contribution in [0.1, 0.15) is 12.5 Å². The maximum absolute atomic E-state index is 5.57. The van der Waals surface area contributed by atoms with Crippen LogP contribution in [0.3, 0.4) is 0 Å². The quantitative estimate of drug-likeness (QED) is 0.535. The lowest BCUT2D eigenvalue weighted by Crippen LogP contribution is -1.95. The fourth-order valence-electron chi connectivity index (χ4n) is 1.11. The molecule has 0 radical (unpaired) electrons. The molecule has 2 N–H and O–H groups in total. The van der Waals surface area contributed by atoms with Crippen molar-refractivity contribution in [3.63, 3.8) is 0 Å². The van der Waals surface area contributed by atoms with Crippen LogP contribution in [0.4, 0.5) is 5.69 Å². The van der Waals surface area contributed by atoms with E-state index in [1.807, 2.05) is 18.2 Å². The Morgan fingerprint density at radius 3 is 2.50 bits per heavy atom. The Hall–Kier alpha value is -1.24. The fraction of sp³-hybridized carbons (Fsp3) is 0.273. The summed E-state index contributed by atoms with van der Waals surface area (Å²) >= 11 is 0. The zero-order valence-electron chi connectivity index (χ0n) is 7.46. The highest BCUT2D eigenvalue weighted by Crippen LogP contribution is 2.11. The van der Waals surface area contributed by atoms with Crippen LogP contribution in [0, 0.1) is 5.92 Å². The van der Waals surface area contributed by atoms with E-state index < -0.39 is 0 Å². The standard InChI is InChI=1S/C11H15N/c1-3-9(2)8-10-4-6-11(12)7-5-10/h3-7,9H,1,8,12H2,2H3. The molecule has 1 rings (SSSR count). The average molecular weight is 161 g/mol. The van der Waals surface area contributed by atoms with Crippen LogP contribution in [0.5, 0.6) is 0 Å². The monoisotopic (exact) mass is 161 g/mol. The molecule has 0 fully saturated rings. The summed E-state index contributed by atoms with van der Waals surface area (Å²) in [6, 6.07) is 8.00. The Morgan fingerprint density at radius 2 is 2.00 bits per heavy atom. The molecule has 0 aliphatic carbocycles. The maximum Gasteiger partial charge on any atom is 0.0314 e. The van der Waals surface area contributed by atoms with E-state index in [1.165, 1.54) is 5.56 Å². The van der Waals surface area contributed by atoms with E-state index >= 15 is 0 Å². The van der Waals surface area contributed by atoms with Gasteiger partial charge < -0.3 is 5.73 Å². The summed E-state index contributed by atoms with van der Waals surface area (Å²) in [5, 5.41) is 0. The van der Waals surface area contributed by atoms with E-state index in [2.05, 4.69) is 25.6 Å². The molecule has 0 saturated heterocycles. The first-order chi connectivity index (χ1) is 5.72. The lowest BCUT2D eigenvalue weighted by molar-refractivity contribution is 0.726. The van der Waals surface area contributed by atoms with Gasteiger partial charge in [0.25, 0.3) is 0 Å². The van der Waals surface area contributed by atoms with Gasteiger partial charge in [-0.3, -0.25) is 0 Å². The third-order valence-corrected chi connectivity index (χ3v) is 1.94. The molecule has 1 atom stereocenters. The number of allylic oxidation sites excluding steroid dienone is 1. The molecule has 12 heavy (non-hydrogen) atoms. The summed E-state index contributed by atoms with van der Waals surface area (Å²) in [6.07, 6.45) is 3.01. The van der Waals surface area contributed by atoms with Crippen LogP contribution >= 0.6 is 0 Å². The lowest BCUT2D eigenvalue weighted by atomic mass is 10.0. The topological polar surface area (TPSA) is 26.0 Å². The molecule has 64 valence electrons. The molecule has 1 aromatic carbocycles. The van der Waals surface area contributed by atoms with Crippen molar-refractivity contribution in [2.45, 2.75) is 13.3 Å². The van der Waals surface area contributed by atoms with Gasteiger partial charge in [-0.25, -0.2) is 0 Å². The van der Waals surface area contributed by atoms with Gasteiger partial charge in [-0.05, 0) is 30.0 Å². The zero-order valence-corrected chi connectivity index (χ0v) is 7.46. The van der Waals surface area contributed by atoms with Crippen LogP contribution in [0.25, 0.3) is 0 Å². The molecule has 0 saturated carbocycles. The molecular formula is C11H15N. The van der Waals surface area contributed by atoms with Crippen LogP contribution in [-0.4, -0.2) is 0 Å². The number of anilines is 1. The molecule has 0 aliphatic rings. The van der Waals surface area contributed by atoms with E-state index in [0.717, 1.165) is 12.1 Å². The highest BCUT2D eigenvalue weighted by Gasteiger charge is 1.97. The van der Waals surface area contributed by atoms with Crippen molar-refractivity contribution in [2.75, 3.05) is 5.73 Å². The molecule has 1 nitrogen and oxygen atoms in total. The van der Waals surface area contributed by atoms with Gasteiger partial charge in [0.1, 0.15) is 0 Å². The largest absolute Gasteiger partial charge is 0.399 e. The molecule has 0 bridgehead atoms. The average Bonchev–Trinajstić information content (AvgIpc) is 2.09. The number of benzene rings is 1. The van der Waals surface area contributed by atoms with Crippen LogP contribution < -0.4 is 5.73 Å². The molecule has 0 heterocycles. The lowest BCUT2D eigenvalue weighted by Gasteiger charge is -2.05. The smallest absolute Gasteiger partial charge is 0.0314 e. The van der Waals surface area contributed by atoms with E-state index in [-0.39, 0.29) is 0 Å². The predicted molar refractivity (Wildman–Crippen MR) is 53.9 cm³/mol. The Balaban J connectivity index is 2.64. The minimum absolute atomic E-state index is 0.536. The molecule has 0 aliphatic heterocycles. The van der Waals surface area contributed by atoms with Gasteiger partial charge in [-0.1, -0.05) is 25.1 Å². The Kier molecular flexibility index (Phi) is 2.92. The SMILES string of the molecule is C=CC(C)Cc1ccc(N)cc1. The molecule has 1 unspecified atom stereocenters. The zero-order chi connectivity index (χ0) is 8.97. The second-order valence-corrected chi connectivity index (χ2v) is 3.16. The second kappa shape index (κ2) is 3.96. The van der Waals surface area contributed by atoms with E-state index in [4.69, 9.17) is 5.73 Å². The van der Waals surface area contributed by atoms with Gasteiger partial charge in [0.05, 0.1) is 0 Å².